The molecule has 0 aromatic rings. The first-order valence-electron chi connectivity index (χ1n) is 10.0. The van der Waals surface area contributed by atoms with E-state index in [9.17, 15) is 0 Å². The Morgan fingerprint density at radius 2 is 1.12 bits per heavy atom. The van der Waals surface area contributed by atoms with Crippen molar-refractivity contribution in [2.75, 3.05) is 26.4 Å². The maximum absolute atomic E-state index is 5.64. The lowest BCUT2D eigenvalue weighted by atomic mass is 9.85. The summed E-state index contributed by atoms with van der Waals surface area (Å²) in [4.78, 5) is 0. The maximum atomic E-state index is 5.64. The largest absolute Gasteiger partial charge is 0.378 e. The molecule has 0 saturated carbocycles. The average Bonchev–Trinajstić information content (AvgIpc) is 2.59. The molecule has 0 N–H and O–H groups in total. The molecule has 24 heavy (non-hydrogen) atoms. The van der Waals surface area contributed by atoms with Crippen molar-refractivity contribution in [3.63, 3.8) is 0 Å². The number of ether oxygens (including phenoxy) is 3. The van der Waals surface area contributed by atoms with Gasteiger partial charge in [-0.15, -0.1) is 0 Å². The van der Waals surface area contributed by atoms with Gasteiger partial charge in [-0.2, -0.15) is 0 Å². The highest BCUT2D eigenvalue weighted by molar-refractivity contribution is 4.77. The second-order valence-corrected chi connectivity index (χ2v) is 8.02. The van der Waals surface area contributed by atoms with Crippen molar-refractivity contribution in [3.8, 4) is 0 Å². The SMILES string of the molecule is CC.CC.CC(C)(C)C1CCCCO1.CC(C)(C)C1COCCO1. The molecule has 3 heteroatoms. The summed E-state index contributed by atoms with van der Waals surface area (Å²) in [5, 5.41) is 0. The smallest absolute Gasteiger partial charge is 0.0857 e. The van der Waals surface area contributed by atoms with E-state index in [1.54, 1.807) is 0 Å². The number of rotatable bonds is 0. The number of hydrogen-bond donors (Lipinski definition) is 0. The van der Waals surface area contributed by atoms with Crippen LogP contribution in [0.25, 0.3) is 0 Å². The van der Waals surface area contributed by atoms with Crippen LogP contribution in [0.3, 0.4) is 0 Å². The summed E-state index contributed by atoms with van der Waals surface area (Å²) >= 11 is 0. The van der Waals surface area contributed by atoms with Crippen molar-refractivity contribution < 1.29 is 14.2 Å². The van der Waals surface area contributed by atoms with Crippen LogP contribution < -0.4 is 0 Å². The van der Waals surface area contributed by atoms with E-state index in [4.69, 9.17) is 14.2 Å². The van der Waals surface area contributed by atoms with E-state index in [1.807, 2.05) is 27.7 Å². The van der Waals surface area contributed by atoms with Crippen LogP contribution >= 0.6 is 0 Å². The number of hydrogen-bond acceptors (Lipinski definition) is 3. The van der Waals surface area contributed by atoms with Gasteiger partial charge < -0.3 is 14.2 Å². The monoisotopic (exact) mass is 346 g/mol. The molecule has 0 amide bonds. The average molecular weight is 347 g/mol. The molecule has 0 aliphatic carbocycles. The molecule has 2 fully saturated rings. The molecule has 2 unspecified atom stereocenters. The molecule has 0 radical (unpaired) electrons. The lowest BCUT2D eigenvalue weighted by Gasteiger charge is -2.33. The van der Waals surface area contributed by atoms with Crippen molar-refractivity contribution >= 4 is 0 Å². The van der Waals surface area contributed by atoms with Crippen LogP contribution in [-0.4, -0.2) is 38.6 Å². The molecule has 2 aliphatic heterocycles. The van der Waals surface area contributed by atoms with E-state index in [2.05, 4.69) is 41.5 Å². The molecular formula is C21H46O3. The summed E-state index contributed by atoms with van der Waals surface area (Å²) < 4.78 is 16.4. The minimum absolute atomic E-state index is 0.223. The minimum Gasteiger partial charge on any atom is -0.378 e. The Morgan fingerprint density at radius 3 is 1.38 bits per heavy atom. The van der Waals surface area contributed by atoms with Gasteiger partial charge in [-0.05, 0) is 30.1 Å². The first-order chi connectivity index (χ1) is 11.2. The van der Waals surface area contributed by atoms with E-state index < -0.39 is 0 Å². The van der Waals surface area contributed by atoms with Crippen molar-refractivity contribution in [1.82, 2.24) is 0 Å². The highest BCUT2D eigenvalue weighted by Gasteiger charge is 2.27. The Hall–Kier alpha value is -0.120. The summed E-state index contributed by atoms with van der Waals surface area (Å²) in [5.41, 5.74) is 0.570. The van der Waals surface area contributed by atoms with Crippen LogP contribution in [0.4, 0.5) is 0 Å². The van der Waals surface area contributed by atoms with Gasteiger partial charge in [0.1, 0.15) is 0 Å². The fourth-order valence-corrected chi connectivity index (χ4v) is 2.41. The van der Waals surface area contributed by atoms with Crippen molar-refractivity contribution in [1.29, 1.82) is 0 Å². The third-order valence-corrected chi connectivity index (χ3v) is 3.93. The van der Waals surface area contributed by atoms with Crippen LogP contribution in [0.1, 0.15) is 88.5 Å². The van der Waals surface area contributed by atoms with Crippen molar-refractivity contribution in [2.45, 2.75) is 101 Å². The molecular weight excluding hydrogens is 300 g/mol. The second kappa shape index (κ2) is 14.1. The van der Waals surface area contributed by atoms with Gasteiger partial charge in [0.2, 0.25) is 0 Å². The molecule has 0 bridgehead atoms. The lowest BCUT2D eigenvalue weighted by molar-refractivity contribution is -0.128. The van der Waals surface area contributed by atoms with Gasteiger partial charge in [-0.3, -0.25) is 0 Å². The zero-order valence-electron chi connectivity index (χ0n) is 18.3. The van der Waals surface area contributed by atoms with Crippen molar-refractivity contribution in [2.24, 2.45) is 10.8 Å². The van der Waals surface area contributed by atoms with Crippen LogP contribution in [-0.2, 0) is 14.2 Å². The predicted molar refractivity (Wildman–Crippen MR) is 106 cm³/mol. The summed E-state index contributed by atoms with van der Waals surface area (Å²) in [7, 11) is 0. The zero-order valence-corrected chi connectivity index (χ0v) is 18.3. The minimum atomic E-state index is 0.223. The van der Waals surface area contributed by atoms with Gasteiger partial charge in [-0.25, -0.2) is 0 Å². The Labute approximate surface area is 152 Å². The van der Waals surface area contributed by atoms with Crippen LogP contribution in [0.2, 0.25) is 0 Å². The standard InChI is InChI=1S/C9H18O.C8H16O2.2C2H6/c1-9(2,3)8-6-4-5-7-10-8;1-8(2,3)7-6-9-4-5-10-7;2*1-2/h8H,4-7H2,1-3H3;7H,4-6H2,1-3H3;2*1-2H3. The molecule has 2 heterocycles. The molecule has 148 valence electrons. The van der Waals surface area contributed by atoms with Gasteiger partial charge in [0.25, 0.3) is 0 Å². The Balaban J connectivity index is 0. The first kappa shape index (κ1) is 26.1. The first-order valence-corrected chi connectivity index (χ1v) is 10.0. The van der Waals surface area contributed by atoms with E-state index in [1.165, 1.54) is 19.3 Å². The molecule has 0 aromatic heterocycles. The Morgan fingerprint density at radius 1 is 0.625 bits per heavy atom. The molecule has 2 rings (SSSR count). The summed E-state index contributed by atoms with van der Waals surface area (Å²) in [6.07, 6.45) is 4.64. The van der Waals surface area contributed by atoms with Crippen LogP contribution in [0.15, 0.2) is 0 Å². The molecule has 0 spiro atoms. The van der Waals surface area contributed by atoms with Crippen LogP contribution in [0, 0.1) is 10.8 Å². The molecule has 0 aromatic carbocycles. The summed E-state index contributed by atoms with van der Waals surface area (Å²) in [5.74, 6) is 0. The summed E-state index contributed by atoms with van der Waals surface area (Å²) in [6.45, 7) is 24.5. The predicted octanol–water partition coefficient (Wildman–Crippen LogP) is 6.10. The third kappa shape index (κ3) is 12.3. The topological polar surface area (TPSA) is 27.7 Å². The molecule has 2 atom stereocenters. The molecule has 2 aliphatic rings. The van der Waals surface area contributed by atoms with Crippen molar-refractivity contribution in [3.05, 3.63) is 0 Å². The zero-order chi connectivity index (χ0) is 19.2. The Kier molecular flexibility index (Phi) is 15.3. The fraction of sp³-hybridized carbons (Fsp3) is 1.00. The van der Waals surface area contributed by atoms with Gasteiger partial charge in [0.15, 0.2) is 0 Å². The van der Waals surface area contributed by atoms with Gasteiger partial charge >= 0.3 is 0 Å². The van der Waals surface area contributed by atoms with Gasteiger partial charge in [0, 0.05) is 6.61 Å². The quantitative estimate of drug-likeness (QED) is 0.530. The highest BCUT2D eigenvalue weighted by Crippen LogP contribution is 2.29. The highest BCUT2D eigenvalue weighted by atomic mass is 16.6. The second-order valence-electron chi connectivity index (χ2n) is 8.02. The normalized spacial score (nSPS) is 24.2. The fourth-order valence-electron chi connectivity index (χ4n) is 2.41. The lowest BCUT2D eigenvalue weighted by Crippen LogP contribution is -2.38. The maximum Gasteiger partial charge on any atom is 0.0857 e. The van der Waals surface area contributed by atoms with Gasteiger partial charge in [-0.1, -0.05) is 69.2 Å². The molecule has 2 saturated heterocycles. The van der Waals surface area contributed by atoms with E-state index in [0.717, 1.165) is 26.4 Å². The Bertz CT molecular complexity index is 223. The van der Waals surface area contributed by atoms with Crippen LogP contribution in [0.5, 0.6) is 0 Å². The van der Waals surface area contributed by atoms with E-state index in [-0.39, 0.29) is 11.5 Å². The summed E-state index contributed by atoms with van der Waals surface area (Å²) in [6, 6.07) is 0. The third-order valence-electron chi connectivity index (χ3n) is 3.93. The van der Waals surface area contributed by atoms with E-state index in [0.29, 0.717) is 11.5 Å². The van der Waals surface area contributed by atoms with Gasteiger partial charge in [0.05, 0.1) is 32.0 Å². The molecule has 3 nitrogen and oxygen atoms in total. The van der Waals surface area contributed by atoms with E-state index >= 15 is 0 Å².